The molecule has 0 atom stereocenters. The van der Waals surface area contributed by atoms with Crippen molar-refractivity contribution in [3.05, 3.63) is 99.4 Å². The summed E-state index contributed by atoms with van der Waals surface area (Å²) < 4.78 is 12.5. The molecule has 3 aromatic carbocycles. The van der Waals surface area contributed by atoms with Gasteiger partial charge in [-0.25, -0.2) is 0 Å². The third-order valence-corrected chi connectivity index (χ3v) is 6.15. The number of carbonyl (C=O) groups excluding carboxylic acids is 2. The molecule has 0 saturated carbocycles. The Bertz CT molecular complexity index is 1530. The SMILES string of the molecule is Cc1cc(C)c2c(CC(=O)Nc3c(C(=O)c4ccc(Br)cc4)oc4ccccc34)coc2c1. The number of amides is 1. The summed E-state index contributed by atoms with van der Waals surface area (Å²) in [6.07, 6.45) is 1.74. The summed E-state index contributed by atoms with van der Waals surface area (Å²) in [5.41, 5.74) is 5.10. The Kier molecular flexibility index (Phi) is 5.38. The van der Waals surface area contributed by atoms with E-state index in [0.717, 1.165) is 32.1 Å². The summed E-state index contributed by atoms with van der Waals surface area (Å²) >= 11 is 3.38. The summed E-state index contributed by atoms with van der Waals surface area (Å²) in [4.78, 5) is 26.3. The highest BCUT2D eigenvalue weighted by atomic mass is 79.9. The van der Waals surface area contributed by atoms with E-state index in [9.17, 15) is 9.59 Å². The van der Waals surface area contributed by atoms with Crippen molar-refractivity contribution in [2.75, 3.05) is 5.32 Å². The van der Waals surface area contributed by atoms with E-state index in [1.54, 1.807) is 36.6 Å². The molecule has 0 fully saturated rings. The van der Waals surface area contributed by atoms with E-state index in [-0.39, 0.29) is 23.9 Å². The number of furan rings is 2. The quantitative estimate of drug-likeness (QED) is 0.264. The summed E-state index contributed by atoms with van der Waals surface area (Å²) in [5, 5.41) is 4.54. The number of fused-ring (bicyclic) bond motifs is 2. The van der Waals surface area contributed by atoms with E-state index in [4.69, 9.17) is 8.83 Å². The Labute approximate surface area is 198 Å². The lowest BCUT2D eigenvalue weighted by atomic mass is 10.0. The Morgan fingerprint density at radius 2 is 1.73 bits per heavy atom. The smallest absolute Gasteiger partial charge is 0.230 e. The zero-order chi connectivity index (χ0) is 23.1. The Balaban J connectivity index is 1.50. The standard InChI is InChI=1S/C27H20BrNO4/c1-15-11-16(2)24-18(14-32-22(24)12-15)13-23(30)29-25-20-5-3-4-6-21(20)33-27(25)26(31)17-7-9-19(28)10-8-17/h3-12,14H,13H2,1-2H3,(H,29,30). The minimum Gasteiger partial charge on any atom is -0.464 e. The minimum atomic E-state index is -0.297. The number of carbonyl (C=O) groups is 2. The van der Waals surface area contributed by atoms with Crippen molar-refractivity contribution in [2.45, 2.75) is 20.3 Å². The Morgan fingerprint density at radius 3 is 2.52 bits per heavy atom. The van der Waals surface area contributed by atoms with Gasteiger partial charge < -0.3 is 14.2 Å². The van der Waals surface area contributed by atoms with Crippen LogP contribution in [-0.2, 0) is 11.2 Å². The van der Waals surface area contributed by atoms with E-state index < -0.39 is 0 Å². The van der Waals surface area contributed by atoms with Crippen molar-refractivity contribution in [3.63, 3.8) is 0 Å². The monoisotopic (exact) mass is 501 g/mol. The Hall–Kier alpha value is -3.64. The molecule has 2 heterocycles. The van der Waals surface area contributed by atoms with Crippen LogP contribution < -0.4 is 5.32 Å². The molecule has 164 valence electrons. The minimum absolute atomic E-state index is 0.107. The molecule has 0 radical (unpaired) electrons. The fourth-order valence-corrected chi connectivity index (χ4v) is 4.44. The highest BCUT2D eigenvalue weighted by molar-refractivity contribution is 9.10. The van der Waals surface area contributed by atoms with Gasteiger partial charge in [0.15, 0.2) is 5.76 Å². The number of rotatable bonds is 5. The highest BCUT2D eigenvalue weighted by Crippen LogP contribution is 2.33. The van der Waals surface area contributed by atoms with Crippen molar-refractivity contribution in [3.8, 4) is 0 Å². The van der Waals surface area contributed by atoms with Gasteiger partial charge in [-0.2, -0.15) is 0 Å². The average molecular weight is 502 g/mol. The molecule has 5 nitrogen and oxygen atoms in total. The number of hydrogen-bond acceptors (Lipinski definition) is 4. The molecule has 5 aromatic rings. The van der Waals surface area contributed by atoms with Crippen LogP contribution in [0.15, 0.2) is 80.2 Å². The molecule has 33 heavy (non-hydrogen) atoms. The van der Waals surface area contributed by atoms with E-state index in [2.05, 4.69) is 27.3 Å². The summed E-state index contributed by atoms with van der Waals surface area (Å²) in [5.74, 6) is -0.445. The normalized spacial score (nSPS) is 11.2. The first-order chi connectivity index (χ1) is 15.9. The highest BCUT2D eigenvalue weighted by Gasteiger charge is 2.24. The summed E-state index contributed by atoms with van der Waals surface area (Å²) in [7, 11) is 0. The van der Waals surface area contributed by atoms with Gasteiger partial charge in [-0.1, -0.05) is 34.1 Å². The zero-order valence-electron chi connectivity index (χ0n) is 18.1. The van der Waals surface area contributed by atoms with Gasteiger partial charge in [0.05, 0.1) is 18.4 Å². The number of anilines is 1. The largest absolute Gasteiger partial charge is 0.464 e. The molecule has 0 unspecified atom stereocenters. The van der Waals surface area contributed by atoms with Crippen LogP contribution in [0, 0.1) is 13.8 Å². The van der Waals surface area contributed by atoms with Gasteiger partial charge in [0.25, 0.3) is 0 Å². The van der Waals surface area contributed by atoms with E-state index in [1.807, 2.05) is 38.1 Å². The van der Waals surface area contributed by atoms with Gasteiger partial charge in [0.1, 0.15) is 11.2 Å². The zero-order valence-corrected chi connectivity index (χ0v) is 19.7. The lowest BCUT2D eigenvalue weighted by Crippen LogP contribution is -2.16. The molecule has 2 aromatic heterocycles. The van der Waals surface area contributed by atoms with Crippen LogP contribution >= 0.6 is 15.9 Å². The molecule has 0 aliphatic heterocycles. The number of aryl methyl sites for hydroxylation is 2. The first-order valence-electron chi connectivity index (χ1n) is 10.5. The van der Waals surface area contributed by atoms with Gasteiger partial charge in [-0.05, 0) is 67.4 Å². The topological polar surface area (TPSA) is 72.5 Å². The number of para-hydroxylation sites is 1. The van der Waals surface area contributed by atoms with Crippen LogP contribution in [0.1, 0.15) is 32.8 Å². The third-order valence-electron chi connectivity index (χ3n) is 5.62. The van der Waals surface area contributed by atoms with Crippen LogP contribution in [0.3, 0.4) is 0 Å². The maximum atomic E-state index is 13.2. The lowest BCUT2D eigenvalue weighted by molar-refractivity contribution is -0.115. The van der Waals surface area contributed by atoms with Gasteiger partial charge >= 0.3 is 0 Å². The summed E-state index contributed by atoms with van der Waals surface area (Å²) in [6.45, 7) is 4.01. The first-order valence-corrected chi connectivity index (χ1v) is 11.3. The molecule has 0 spiro atoms. The van der Waals surface area contributed by atoms with Crippen molar-refractivity contribution >= 4 is 55.2 Å². The number of ketones is 1. The van der Waals surface area contributed by atoms with E-state index in [0.29, 0.717) is 22.2 Å². The molecular weight excluding hydrogens is 482 g/mol. The molecule has 0 saturated heterocycles. The van der Waals surface area contributed by atoms with Gasteiger partial charge in [0.2, 0.25) is 11.7 Å². The second-order valence-electron chi connectivity index (χ2n) is 8.08. The Morgan fingerprint density at radius 1 is 0.970 bits per heavy atom. The number of hydrogen-bond donors (Lipinski definition) is 1. The molecule has 6 heteroatoms. The number of nitrogens with one attached hydrogen (secondary N) is 1. The molecule has 0 aliphatic carbocycles. The fourth-order valence-electron chi connectivity index (χ4n) is 4.18. The van der Waals surface area contributed by atoms with Crippen LogP contribution in [0.25, 0.3) is 21.9 Å². The van der Waals surface area contributed by atoms with Crippen LogP contribution in [0.5, 0.6) is 0 Å². The molecule has 0 bridgehead atoms. The van der Waals surface area contributed by atoms with E-state index in [1.165, 1.54) is 0 Å². The fraction of sp³-hybridized carbons (Fsp3) is 0.111. The van der Waals surface area contributed by atoms with Crippen molar-refractivity contribution < 1.29 is 18.4 Å². The predicted octanol–water partition coefficient (Wildman–Crippen LogP) is 6.97. The predicted molar refractivity (Wildman–Crippen MR) is 132 cm³/mol. The van der Waals surface area contributed by atoms with Crippen LogP contribution in [-0.4, -0.2) is 11.7 Å². The molecule has 0 aliphatic rings. The molecular formula is C27H20BrNO4. The van der Waals surface area contributed by atoms with Crippen molar-refractivity contribution in [2.24, 2.45) is 0 Å². The lowest BCUT2D eigenvalue weighted by Gasteiger charge is -2.07. The second-order valence-corrected chi connectivity index (χ2v) is 8.99. The van der Waals surface area contributed by atoms with Crippen molar-refractivity contribution in [1.82, 2.24) is 0 Å². The second kappa shape index (κ2) is 8.37. The van der Waals surface area contributed by atoms with Gasteiger partial charge in [-0.15, -0.1) is 0 Å². The van der Waals surface area contributed by atoms with E-state index >= 15 is 0 Å². The number of halogens is 1. The summed E-state index contributed by atoms with van der Waals surface area (Å²) in [6, 6.07) is 18.3. The first kappa shape index (κ1) is 21.2. The average Bonchev–Trinajstić information content (AvgIpc) is 3.35. The van der Waals surface area contributed by atoms with Crippen molar-refractivity contribution in [1.29, 1.82) is 0 Å². The van der Waals surface area contributed by atoms with Gasteiger partial charge in [-0.3, -0.25) is 9.59 Å². The maximum Gasteiger partial charge on any atom is 0.230 e. The number of benzene rings is 3. The van der Waals surface area contributed by atoms with Crippen LogP contribution in [0.2, 0.25) is 0 Å². The third kappa shape index (κ3) is 3.98. The van der Waals surface area contributed by atoms with Crippen LogP contribution in [0.4, 0.5) is 5.69 Å². The molecule has 5 rings (SSSR count). The maximum absolute atomic E-state index is 13.2. The molecule has 1 amide bonds. The van der Waals surface area contributed by atoms with Gasteiger partial charge in [0, 0.05) is 26.4 Å². The molecule has 1 N–H and O–H groups in total.